The van der Waals surface area contributed by atoms with E-state index in [1.54, 1.807) is 18.9 Å². The lowest BCUT2D eigenvalue weighted by Crippen LogP contribution is -2.40. The molecule has 5 heteroatoms. The highest BCUT2D eigenvalue weighted by molar-refractivity contribution is 9.10. The lowest BCUT2D eigenvalue weighted by molar-refractivity contribution is 0.0820. The summed E-state index contributed by atoms with van der Waals surface area (Å²) in [6.45, 7) is 4.51. The number of aliphatic hydroxyl groups is 1. The van der Waals surface area contributed by atoms with Gasteiger partial charge in [-0.1, -0.05) is 6.07 Å². The SMILES string of the molecule is COc1ccc([C@@H](C)NC[C@](C)(O)CSC)cc1Br. The van der Waals surface area contributed by atoms with Crippen LogP contribution in [-0.4, -0.2) is 36.4 Å². The maximum atomic E-state index is 10.1. The van der Waals surface area contributed by atoms with Gasteiger partial charge in [-0.05, 0) is 53.7 Å². The summed E-state index contributed by atoms with van der Waals surface area (Å²) in [7, 11) is 1.65. The summed E-state index contributed by atoms with van der Waals surface area (Å²) in [6.07, 6.45) is 2.00. The second-order valence-electron chi connectivity index (χ2n) is 4.93. The quantitative estimate of drug-likeness (QED) is 0.794. The van der Waals surface area contributed by atoms with Crippen LogP contribution < -0.4 is 10.1 Å². The first-order chi connectivity index (χ1) is 8.89. The molecule has 0 spiro atoms. The summed E-state index contributed by atoms with van der Waals surface area (Å²) in [5.41, 5.74) is 0.477. The van der Waals surface area contributed by atoms with Gasteiger partial charge in [0.05, 0.1) is 17.2 Å². The monoisotopic (exact) mass is 347 g/mol. The molecular weight excluding hydrogens is 326 g/mol. The number of ether oxygens (including phenoxy) is 1. The van der Waals surface area contributed by atoms with Crippen molar-refractivity contribution in [2.45, 2.75) is 25.5 Å². The third-order valence-corrected chi connectivity index (χ3v) is 4.45. The normalized spacial score (nSPS) is 15.9. The molecule has 0 aromatic heterocycles. The van der Waals surface area contributed by atoms with Gasteiger partial charge < -0.3 is 15.2 Å². The van der Waals surface area contributed by atoms with Crippen LogP contribution >= 0.6 is 27.7 Å². The van der Waals surface area contributed by atoms with Crippen molar-refractivity contribution >= 4 is 27.7 Å². The van der Waals surface area contributed by atoms with Crippen LogP contribution in [-0.2, 0) is 0 Å². The molecule has 0 radical (unpaired) electrons. The first-order valence-corrected chi connectivity index (χ1v) is 8.36. The van der Waals surface area contributed by atoms with E-state index >= 15 is 0 Å². The van der Waals surface area contributed by atoms with Gasteiger partial charge in [-0.2, -0.15) is 11.8 Å². The average molecular weight is 348 g/mol. The molecule has 2 atom stereocenters. The summed E-state index contributed by atoms with van der Waals surface area (Å²) in [4.78, 5) is 0. The van der Waals surface area contributed by atoms with Gasteiger partial charge in [0.25, 0.3) is 0 Å². The third-order valence-electron chi connectivity index (χ3n) is 2.92. The maximum Gasteiger partial charge on any atom is 0.133 e. The number of thioether (sulfide) groups is 1. The Hall–Kier alpha value is -0.230. The molecule has 0 saturated heterocycles. The van der Waals surface area contributed by atoms with E-state index in [9.17, 15) is 5.11 Å². The Morgan fingerprint density at radius 1 is 1.53 bits per heavy atom. The van der Waals surface area contributed by atoms with Gasteiger partial charge in [-0.3, -0.25) is 0 Å². The van der Waals surface area contributed by atoms with E-state index in [0.717, 1.165) is 21.5 Å². The van der Waals surface area contributed by atoms with Crippen LogP contribution in [0.15, 0.2) is 22.7 Å². The largest absolute Gasteiger partial charge is 0.496 e. The summed E-state index contributed by atoms with van der Waals surface area (Å²) in [6, 6.07) is 6.19. The van der Waals surface area contributed by atoms with Gasteiger partial charge in [-0.25, -0.2) is 0 Å². The first-order valence-electron chi connectivity index (χ1n) is 6.18. The van der Waals surface area contributed by atoms with Crippen molar-refractivity contribution in [3.8, 4) is 5.75 Å². The Morgan fingerprint density at radius 2 is 2.21 bits per heavy atom. The molecule has 0 heterocycles. The fraction of sp³-hybridized carbons (Fsp3) is 0.571. The van der Waals surface area contributed by atoms with Crippen LogP contribution in [0.1, 0.15) is 25.5 Å². The van der Waals surface area contributed by atoms with Crippen molar-refractivity contribution in [2.24, 2.45) is 0 Å². The van der Waals surface area contributed by atoms with Gasteiger partial charge in [-0.15, -0.1) is 0 Å². The molecule has 0 aliphatic carbocycles. The van der Waals surface area contributed by atoms with Gasteiger partial charge in [0, 0.05) is 18.3 Å². The number of rotatable bonds is 7. The van der Waals surface area contributed by atoms with Crippen molar-refractivity contribution < 1.29 is 9.84 Å². The zero-order valence-corrected chi connectivity index (χ0v) is 14.3. The van der Waals surface area contributed by atoms with Crippen LogP contribution in [0.3, 0.4) is 0 Å². The Kier molecular flexibility index (Phi) is 6.66. The summed E-state index contributed by atoms with van der Waals surface area (Å²) in [5, 5.41) is 13.5. The number of hydrogen-bond donors (Lipinski definition) is 2. The van der Waals surface area contributed by atoms with Crippen LogP contribution in [0.2, 0.25) is 0 Å². The molecule has 0 bridgehead atoms. The number of halogens is 1. The molecule has 108 valence electrons. The minimum atomic E-state index is -0.683. The predicted octanol–water partition coefficient (Wildman–Crippen LogP) is 3.22. The average Bonchev–Trinajstić information content (AvgIpc) is 2.36. The van der Waals surface area contributed by atoms with Gasteiger partial charge in [0.2, 0.25) is 0 Å². The zero-order valence-electron chi connectivity index (χ0n) is 11.9. The van der Waals surface area contributed by atoms with Crippen molar-refractivity contribution in [3.05, 3.63) is 28.2 Å². The molecule has 2 N–H and O–H groups in total. The highest BCUT2D eigenvalue weighted by atomic mass is 79.9. The van der Waals surface area contributed by atoms with E-state index in [-0.39, 0.29) is 6.04 Å². The van der Waals surface area contributed by atoms with Crippen LogP contribution in [0.25, 0.3) is 0 Å². The molecule has 1 aromatic carbocycles. The second-order valence-corrected chi connectivity index (χ2v) is 6.65. The Balaban J connectivity index is 2.63. The number of benzene rings is 1. The van der Waals surface area contributed by atoms with Crippen LogP contribution in [0.4, 0.5) is 0 Å². The van der Waals surface area contributed by atoms with Crippen molar-refractivity contribution in [1.29, 1.82) is 0 Å². The smallest absolute Gasteiger partial charge is 0.133 e. The van der Waals surface area contributed by atoms with E-state index in [2.05, 4.69) is 28.2 Å². The highest BCUT2D eigenvalue weighted by Gasteiger charge is 2.20. The molecule has 1 rings (SSSR count). The molecule has 0 fully saturated rings. The molecular formula is C14H22BrNO2S. The molecule has 1 aromatic rings. The molecule has 19 heavy (non-hydrogen) atoms. The third kappa shape index (κ3) is 5.34. The maximum absolute atomic E-state index is 10.1. The summed E-state index contributed by atoms with van der Waals surface area (Å²) < 4.78 is 6.16. The number of methoxy groups -OCH3 is 1. The minimum absolute atomic E-state index is 0.176. The fourth-order valence-electron chi connectivity index (χ4n) is 1.80. The Labute approximate surface area is 128 Å². The lowest BCUT2D eigenvalue weighted by Gasteiger charge is -2.25. The van der Waals surface area contributed by atoms with Crippen LogP contribution in [0.5, 0.6) is 5.75 Å². The summed E-state index contributed by atoms with van der Waals surface area (Å²) >= 11 is 5.13. The Morgan fingerprint density at radius 3 is 2.74 bits per heavy atom. The van der Waals surface area contributed by atoms with Gasteiger partial charge >= 0.3 is 0 Å². The standard InChI is InChI=1S/C14H22BrNO2S/c1-10(16-8-14(2,17)9-19-4)11-5-6-13(18-3)12(15)7-11/h5-7,10,16-17H,8-9H2,1-4H3/t10-,14+/m1/s1. The van der Waals surface area contributed by atoms with Crippen molar-refractivity contribution in [1.82, 2.24) is 5.32 Å². The van der Waals surface area contributed by atoms with Gasteiger partial charge in [0.1, 0.15) is 5.75 Å². The molecule has 0 aliphatic heterocycles. The van der Waals surface area contributed by atoms with E-state index in [1.165, 1.54) is 0 Å². The number of nitrogens with one attached hydrogen (secondary N) is 1. The molecule has 0 aliphatic rings. The molecule has 0 unspecified atom stereocenters. The van der Waals surface area contributed by atoms with Crippen molar-refractivity contribution in [3.63, 3.8) is 0 Å². The lowest BCUT2D eigenvalue weighted by atomic mass is 10.1. The fourth-order valence-corrected chi connectivity index (χ4v) is 3.09. The molecule has 0 amide bonds. The topological polar surface area (TPSA) is 41.5 Å². The van der Waals surface area contributed by atoms with Gasteiger partial charge in [0.15, 0.2) is 0 Å². The zero-order chi connectivity index (χ0) is 14.5. The predicted molar refractivity (Wildman–Crippen MR) is 86.1 cm³/mol. The molecule has 0 saturated carbocycles. The van der Waals surface area contributed by atoms with E-state index in [0.29, 0.717) is 6.54 Å². The minimum Gasteiger partial charge on any atom is -0.496 e. The molecule has 3 nitrogen and oxygen atoms in total. The van der Waals surface area contributed by atoms with E-state index in [4.69, 9.17) is 4.74 Å². The second kappa shape index (κ2) is 7.53. The van der Waals surface area contributed by atoms with E-state index in [1.807, 2.05) is 31.4 Å². The van der Waals surface area contributed by atoms with Crippen molar-refractivity contribution in [2.75, 3.05) is 25.7 Å². The van der Waals surface area contributed by atoms with Crippen LogP contribution in [0, 0.1) is 0 Å². The number of hydrogen-bond acceptors (Lipinski definition) is 4. The Bertz CT molecular complexity index is 412. The highest BCUT2D eigenvalue weighted by Crippen LogP contribution is 2.28. The summed E-state index contributed by atoms with van der Waals surface area (Å²) in [5.74, 6) is 1.55. The van der Waals surface area contributed by atoms with E-state index < -0.39 is 5.60 Å². The first kappa shape index (κ1) is 16.8.